The Labute approximate surface area is 223 Å². The topological polar surface area (TPSA) is 106 Å². The lowest BCUT2D eigenvalue weighted by molar-refractivity contribution is -0.0444. The zero-order valence-electron chi connectivity index (χ0n) is 21.4. The van der Waals surface area contributed by atoms with Gasteiger partial charge in [0.05, 0.1) is 23.6 Å². The number of sulfonamides is 1. The summed E-state index contributed by atoms with van der Waals surface area (Å²) in [4.78, 5) is 7.01. The summed E-state index contributed by atoms with van der Waals surface area (Å²) in [6.45, 7) is 6.07. The molecule has 3 saturated heterocycles. The van der Waals surface area contributed by atoms with Gasteiger partial charge in [-0.3, -0.25) is 9.88 Å². The van der Waals surface area contributed by atoms with Crippen molar-refractivity contribution in [1.29, 1.82) is 0 Å². The van der Waals surface area contributed by atoms with E-state index in [1.165, 1.54) is 12.5 Å². The zero-order chi connectivity index (χ0) is 26.9. The third-order valence-electron chi connectivity index (χ3n) is 7.87. The maximum Gasteiger partial charge on any atom is 0.238 e. The lowest BCUT2D eigenvalue weighted by atomic mass is 9.73. The SMILES string of the molecule is C=C[C@H]1CN2CC[C@H]1C[C@H]2[C@H](O)c1ccnc2ccc(OC)cc12.NS(=O)(=O)c1ccc2ccccc2c1. The fourth-order valence-corrected chi connectivity index (χ4v) is 6.34. The van der Waals surface area contributed by atoms with Crippen LogP contribution in [0.5, 0.6) is 5.75 Å². The van der Waals surface area contributed by atoms with E-state index < -0.39 is 16.1 Å². The highest BCUT2D eigenvalue weighted by molar-refractivity contribution is 7.89. The van der Waals surface area contributed by atoms with Crippen LogP contribution in [0.2, 0.25) is 0 Å². The molecule has 3 aliphatic rings. The highest BCUT2D eigenvalue weighted by Crippen LogP contribution is 2.42. The van der Waals surface area contributed by atoms with Crippen molar-refractivity contribution >= 4 is 31.7 Å². The van der Waals surface area contributed by atoms with Gasteiger partial charge in [0, 0.05) is 24.2 Å². The van der Waals surface area contributed by atoms with Crippen LogP contribution in [0.15, 0.2) is 90.5 Å². The number of aromatic nitrogens is 1. The van der Waals surface area contributed by atoms with Crippen LogP contribution in [0.4, 0.5) is 0 Å². The molecule has 3 N–H and O–H groups in total. The van der Waals surface area contributed by atoms with Gasteiger partial charge in [0.1, 0.15) is 5.75 Å². The van der Waals surface area contributed by atoms with E-state index in [2.05, 4.69) is 22.5 Å². The van der Waals surface area contributed by atoms with Crippen molar-refractivity contribution in [3.63, 3.8) is 0 Å². The van der Waals surface area contributed by atoms with Crippen LogP contribution < -0.4 is 9.88 Å². The zero-order valence-corrected chi connectivity index (χ0v) is 22.2. The molecule has 0 aliphatic carbocycles. The number of methoxy groups -OCH3 is 1. The summed E-state index contributed by atoms with van der Waals surface area (Å²) in [5.74, 6) is 2.01. The second-order valence-electron chi connectivity index (χ2n) is 10.0. The molecule has 3 fully saturated rings. The Kier molecular flexibility index (Phi) is 7.49. The second kappa shape index (κ2) is 10.8. The van der Waals surface area contributed by atoms with E-state index in [0.717, 1.165) is 52.5 Å². The molecule has 4 heterocycles. The number of nitrogens with zero attached hydrogens (tertiary/aromatic N) is 2. The third-order valence-corrected chi connectivity index (χ3v) is 8.78. The number of rotatable bonds is 5. The number of fused-ring (bicyclic) bond motifs is 5. The van der Waals surface area contributed by atoms with Gasteiger partial charge in [-0.05, 0) is 84.0 Å². The minimum atomic E-state index is -3.59. The first-order valence-electron chi connectivity index (χ1n) is 12.8. The standard InChI is InChI=1S/C20H24N2O2.C10H9NO2S/c1-3-13-12-22-9-7-14(13)10-19(22)20(23)16-6-8-21-18-5-4-15(24-2)11-17(16)18;11-14(12,13)10-6-5-8-3-1-2-4-9(8)7-10/h3-6,8,11,13-14,19-20,23H,1,7,9-10,12H2,2H3;1-7H,(H2,11,12,13)/t13-,14-,19-,20+;/m0./s1. The number of primary sulfonamides is 1. The normalized spacial score (nSPS) is 23.4. The molecule has 3 aliphatic heterocycles. The number of benzene rings is 3. The Morgan fingerprint density at radius 3 is 2.61 bits per heavy atom. The number of ether oxygens (including phenoxy) is 1. The van der Waals surface area contributed by atoms with Gasteiger partial charge >= 0.3 is 0 Å². The summed E-state index contributed by atoms with van der Waals surface area (Å²) in [6, 6.07) is 20.3. The number of hydrogen-bond acceptors (Lipinski definition) is 6. The van der Waals surface area contributed by atoms with E-state index >= 15 is 0 Å². The fraction of sp³-hybridized carbons (Fsp3) is 0.300. The fourth-order valence-electron chi connectivity index (χ4n) is 5.79. The molecule has 8 heteroatoms. The van der Waals surface area contributed by atoms with E-state index in [9.17, 15) is 13.5 Å². The van der Waals surface area contributed by atoms with Crippen LogP contribution in [0, 0.1) is 11.8 Å². The first-order chi connectivity index (χ1) is 18.3. The lowest BCUT2D eigenvalue weighted by Crippen LogP contribution is -2.54. The van der Waals surface area contributed by atoms with Gasteiger partial charge in [-0.2, -0.15) is 0 Å². The molecule has 38 heavy (non-hydrogen) atoms. The summed E-state index contributed by atoms with van der Waals surface area (Å²) in [5, 5.41) is 19.0. The summed E-state index contributed by atoms with van der Waals surface area (Å²) in [7, 11) is -1.93. The largest absolute Gasteiger partial charge is 0.497 e. The minimum absolute atomic E-state index is 0.149. The van der Waals surface area contributed by atoms with Gasteiger partial charge in [0.25, 0.3) is 0 Å². The molecule has 0 radical (unpaired) electrons. The molecule has 5 atom stereocenters. The average Bonchev–Trinajstić information content (AvgIpc) is 2.95. The van der Waals surface area contributed by atoms with Crippen LogP contribution in [0.3, 0.4) is 0 Å². The highest BCUT2D eigenvalue weighted by Gasteiger charge is 2.42. The van der Waals surface area contributed by atoms with Crippen molar-refractivity contribution in [2.75, 3.05) is 20.2 Å². The van der Waals surface area contributed by atoms with Crippen molar-refractivity contribution < 1.29 is 18.3 Å². The molecule has 198 valence electrons. The first-order valence-corrected chi connectivity index (χ1v) is 14.3. The summed E-state index contributed by atoms with van der Waals surface area (Å²) >= 11 is 0. The molecule has 0 spiro atoms. The van der Waals surface area contributed by atoms with Gasteiger partial charge in [-0.15, -0.1) is 6.58 Å². The van der Waals surface area contributed by atoms with Gasteiger partial charge in [0.15, 0.2) is 0 Å². The molecule has 7 nitrogen and oxygen atoms in total. The smallest absolute Gasteiger partial charge is 0.238 e. The van der Waals surface area contributed by atoms with Crippen LogP contribution in [-0.2, 0) is 10.0 Å². The predicted octanol–water partition coefficient (Wildman–Crippen LogP) is 4.66. The minimum Gasteiger partial charge on any atom is -0.497 e. The monoisotopic (exact) mass is 531 g/mol. The quantitative estimate of drug-likeness (QED) is 0.363. The lowest BCUT2D eigenvalue weighted by Gasteiger charge is -2.50. The van der Waals surface area contributed by atoms with Crippen LogP contribution in [0.25, 0.3) is 21.7 Å². The van der Waals surface area contributed by atoms with Gasteiger partial charge in [-0.25, -0.2) is 13.6 Å². The van der Waals surface area contributed by atoms with Crippen LogP contribution >= 0.6 is 0 Å². The number of hydrogen-bond donors (Lipinski definition) is 2. The molecule has 7 rings (SSSR count). The molecule has 2 bridgehead atoms. The first kappa shape index (κ1) is 26.3. The molecule has 3 aromatic carbocycles. The van der Waals surface area contributed by atoms with Crippen molar-refractivity contribution in [2.45, 2.75) is 29.9 Å². The van der Waals surface area contributed by atoms with Crippen LogP contribution in [-0.4, -0.2) is 49.6 Å². The van der Waals surface area contributed by atoms with Crippen molar-refractivity contribution in [2.24, 2.45) is 17.0 Å². The molecule has 0 amide bonds. The summed E-state index contributed by atoms with van der Waals surface area (Å²) in [5.41, 5.74) is 1.85. The maximum atomic E-state index is 11.2. The number of pyridine rings is 1. The van der Waals surface area contributed by atoms with Crippen molar-refractivity contribution in [3.05, 3.63) is 91.1 Å². The Balaban J connectivity index is 0.000000179. The van der Waals surface area contributed by atoms with Gasteiger partial charge < -0.3 is 9.84 Å². The van der Waals surface area contributed by atoms with E-state index in [1.807, 2.05) is 48.5 Å². The van der Waals surface area contributed by atoms with E-state index in [-0.39, 0.29) is 10.9 Å². The molecule has 0 saturated carbocycles. The molecular formula is C30H33N3O4S. The highest BCUT2D eigenvalue weighted by atomic mass is 32.2. The molecular weight excluding hydrogens is 498 g/mol. The molecule has 1 unspecified atom stereocenters. The second-order valence-corrected chi connectivity index (χ2v) is 11.6. The third kappa shape index (κ3) is 5.31. The van der Waals surface area contributed by atoms with Gasteiger partial charge in [-0.1, -0.05) is 36.4 Å². The number of piperidine rings is 3. The number of aliphatic hydroxyl groups is 1. The Hall–Kier alpha value is -3.30. The predicted molar refractivity (Wildman–Crippen MR) is 150 cm³/mol. The van der Waals surface area contributed by atoms with Crippen molar-refractivity contribution in [3.8, 4) is 5.75 Å². The van der Waals surface area contributed by atoms with Crippen LogP contribution in [0.1, 0.15) is 24.5 Å². The Morgan fingerprint density at radius 1 is 1.13 bits per heavy atom. The average molecular weight is 532 g/mol. The number of nitrogens with two attached hydrogens (primary N) is 1. The van der Waals surface area contributed by atoms with Crippen molar-refractivity contribution in [1.82, 2.24) is 9.88 Å². The molecule has 4 aromatic rings. The maximum absolute atomic E-state index is 11.2. The summed E-state index contributed by atoms with van der Waals surface area (Å²) in [6.07, 6.45) is 5.62. The van der Waals surface area contributed by atoms with E-state index in [0.29, 0.717) is 11.8 Å². The Morgan fingerprint density at radius 2 is 1.92 bits per heavy atom. The number of aliphatic hydroxyl groups excluding tert-OH is 1. The van der Waals surface area contributed by atoms with Gasteiger partial charge in [0.2, 0.25) is 10.0 Å². The Bertz CT molecular complexity index is 1570. The van der Waals surface area contributed by atoms with E-state index in [1.54, 1.807) is 25.4 Å². The summed E-state index contributed by atoms with van der Waals surface area (Å²) < 4.78 is 27.5. The van der Waals surface area contributed by atoms with E-state index in [4.69, 9.17) is 9.88 Å². The molecule has 1 aromatic heterocycles.